The molecule has 0 spiro atoms. The number of carbonyl (C=O) groups excluding carboxylic acids is 2. The quantitative estimate of drug-likeness (QED) is 0.333. The summed E-state index contributed by atoms with van der Waals surface area (Å²) in [6, 6.07) is 12.1. The lowest BCUT2D eigenvalue weighted by molar-refractivity contribution is -0.662. The van der Waals surface area contributed by atoms with E-state index in [0.717, 1.165) is 22.0 Å². The highest BCUT2D eigenvalue weighted by Gasteiger charge is 2.31. The van der Waals surface area contributed by atoms with Crippen LogP contribution in [-0.4, -0.2) is 23.6 Å². The number of hydrogen-bond acceptors (Lipinski definition) is 5. The molecule has 122 valence electrons. The predicted octanol–water partition coefficient (Wildman–Crippen LogP) is 3.34. The minimum atomic E-state index is -0.814. The lowest BCUT2D eigenvalue weighted by Crippen LogP contribution is -2.33. The Morgan fingerprint density at radius 1 is 1.26 bits per heavy atom. The lowest BCUT2D eigenvalue weighted by Gasteiger charge is -2.09. The van der Waals surface area contributed by atoms with Crippen molar-refractivity contribution >= 4 is 35.0 Å². The number of nitrogens with zero attached hydrogens (tertiary/aromatic N) is 1. The number of benzene rings is 1. The van der Waals surface area contributed by atoms with Gasteiger partial charge in [0.2, 0.25) is 0 Å². The first-order chi connectivity index (χ1) is 11.1. The van der Waals surface area contributed by atoms with E-state index in [-0.39, 0.29) is 12.4 Å². The molecule has 6 heteroatoms. The maximum Gasteiger partial charge on any atom is 0.327 e. The molecule has 0 saturated heterocycles. The monoisotopic (exact) mass is 350 g/mol. The zero-order valence-electron chi connectivity index (χ0n) is 13.4. The maximum absolute atomic E-state index is 12.0. The summed E-state index contributed by atoms with van der Waals surface area (Å²) in [7, 11) is 0. The molecule has 1 aromatic heterocycles. The molecule has 2 aromatic rings. The molecular formula is C17H20NO3S2+. The molecule has 0 saturated carbocycles. The Balaban J connectivity index is 2.29. The van der Waals surface area contributed by atoms with E-state index in [1.54, 1.807) is 18.5 Å². The smallest absolute Gasteiger partial charge is 0.327 e. The highest BCUT2D eigenvalue weighted by molar-refractivity contribution is 8.01. The summed E-state index contributed by atoms with van der Waals surface area (Å²) in [5.74, 6) is -0.663. The molecule has 0 N–H and O–H groups in total. The van der Waals surface area contributed by atoms with E-state index in [1.165, 1.54) is 18.7 Å². The van der Waals surface area contributed by atoms with E-state index in [9.17, 15) is 9.59 Å². The van der Waals surface area contributed by atoms with Crippen LogP contribution in [0, 0.1) is 0 Å². The van der Waals surface area contributed by atoms with E-state index in [4.69, 9.17) is 4.74 Å². The Hall–Kier alpha value is -1.66. The van der Waals surface area contributed by atoms with Gasteiger partial charge in [0, 0.05) is 6.07 Å². The molecule has 0 aliphatic carbocycles. The molecule has 0 aliphatic rings. The topological polar surface area (TPSA) is 47.2 Å². The third-order valence-corrected chi connectivity index (χ3v) is 5.84. The van der Waals surface area contributed by atoms with Crippen molar-refractivity contribution in [1.82, 2.24) is 0 Å². The van der Waals surface area contributed by atoms with Gasteiger partial charge < -0.3 is 4.74 Å². The third kappa shape index (κ3) is 4.42. The van der Waals surface area contributed by atoms with Crippen LogP contribution in [-0.2, 0) is 20.9 Å². The Bertz CT molecular complexity index is 682. The van der Waals surface area contributed by atoms with Crippen molar-refractivity contribution in [2.75, 3.05) is 6.61 Å². The molecule has 0 amide bonds. The average Bonchev–Trinajstić information content (AvgIpc) is 2.96. The van der Waals surface area contributed by atoms with Gasteiger partial charge in [-0.25, -0.2) is 0 Å². The summed E-state index contributed by atoms with van der Waals surface area (Å²) in [6.07, 6.45) is 0. The van der Waals surface area contributed by atoms with Gasteiger partial charge in [0.1, 0.15) is 16.4 Å². The van der Waals surface area contributed by atoms with Crippen LogP contribution in [0.4, 0.5) is 0 Å². The molecule has 4 nitrogen and oxygen atoms in total. The predicted molar refractivity (Wildman–Crippen MR) is 92.6 cm³/mol. The zero-order valence-corrected chi connectivity index (χ0v) is 15.1. The van der Waals surface area contributed by atoms with Gasteiger partial charge in [-0.15, -0.1) is 3.96 Å². The van der Waals surface area contributed by atoms with Crippen LogP contribution in [0.5, 0.6) is 0 Å². The summed E-state index contributed by atoms with van der Waals surface area (Å²) >= 11 is 2.88. The van der Waals surface area contributed by atoms with E-state index in [1.807, 2.05) is 43.3 Å². The number of hydrogen-bond donors (Lipinski definition) is 0. The molecule has 0 fully saturated rings. The molecular weight excluding hydrogens is 330 g/mol. The maximum atomic E-state index is 12.0. The Kier molecular flexibility index (Phi) is 6.36. The number of carbonyl (C=O) groups is 2. The second-order valence-electron chi connectivity index (χ2n) is 4.86. The van der Waals surface area contributed by atoms with Crippen molar-refractivity contribution in [3.05, 3.63) is 36.4 Å². The Morgan fingerprint density at radius 2 is 1.96 bits per heavy atom. The van der Waals surface area contributed by atoms with Crippen LogP contribution in [0.3, 0.4) is 0 Å². The fourth-order valence-corrected chi connectivity index (χ4v) is 4.30. The average molecular weight is 350 g/mol. The molecule has 23 heavy (non-hydrogen) atoms. The summed E-state index contributed by atoms with van der Waals surface area (Å²) in [4.78, 5) is 24.9. The van der Waals surface area contributed by atoms with E-state index in [0.29, 0.717) is 0 Å². The van der Waals surface area contributed by atoms with Crippen LogP contribution in [0.1, 0.15) is 20.8 Å². The molecule has 1 heterocycles. The first-order valence-corrected chi connectivity index (χ1v) is 9.15. The largest absolute Gasteiger partial charge is 0.465 e. The van der Waals surface area contributed by atoms with Gasteiger partial charge >= 0.3 is 5.97 Å². The Morgan fingerprint density at radius 3 is 2.52 bits per heavy atom. The first-order valence-electron chi connectivity index (χ1n) is 7.50. The van der Waals surface area contributed by atoms with Crippen LogP contribution < -0.4 is 3.96 Å². The number of rotatable bonds is 7. The van der Waals surface area contributed by atoms with Crippen molar-refractivity contribution in [2.45, 2.75) is 37.6 Å². The highest BCUT2D eigenvalue weighted by Crippen LogP contribution is 2.30. The van der Waals surface area contributed by atoms with Crippen LogP contribution in [0.25, 0.3) is 10.4 Å². The number of aromatic nitrogens is 1. The minimum absolute atomic E-state index is 0.191. The number of esters is 1. The van der Waals surface area contributed by atoms with Gasteiger partial charge in [-0.05, 0) is 38.1 Å². The van der Waals surface area contributed by atoms with Crippen LogP contribution >= 0.6 is 23.3 Å². The van der Waals surface area contributed by atoms with Crippen LogP contribution in [0.15, 0.2) is 41.4 Å². The molecule has 1 atom stereocenters. The van der Waals surface area contributed by atoms with Crippen molar-refractivity contribution in [3.8, 4) is 10.4 Å². The molecule has 0 aliphatic heterocycles. The highest BCUT2D eigenvalue weighted by atomic mass is 32.2. The summed E-state index contributed by atoms with van der Waals surface area (Å²) in [5.41, 5.74) is 1.13. The normalized spacial score (nSPS) is 12.0. The minimum Gasteiger partial charge on any atom is -0.465 e. The SMILES string of the molecule is CCOC(=O)C(Sc1cc(-c2ccccc2)s[n+]1CC)C(C)=O. The lowest BCUT2D eigenvalue weighted by atomic mass is 10.2. The van der Waals surface area contributed by atoms with E-state index < -0.39 is 11.2 Å². The number of thioether (sulfide) groups is 1. The second kappa shape index (κ2) is 8.26. The number of aryl methyl sites for hydroxylation is 1. The fourth-order valence-electron chi connectivity index (χ4n) is 2.06. The van der Waals surface area contributed by atoms with Crippen molar-refractivity contribution in [3.63, 3.8) is 0 Å². The van der Waals surface area contributed by atoms with E-state index in [2.05, 4.69) is 3.96 Å². The van der Waals surface area contributed by atoms with E-state index >= 15 is 0 Å². The summed E-state index contributed by atoms with van der Waals surface area (Å²) in [5, 5.41) is 0.0931. The summed E-state index contributed by atoms with van der Waals surface area (Å²) in [6.45, 7) is 6.27. The van der Waals surface area contributed by atoms with Crippen LogP contribution in [0.2, 0.25) is 0 Å². The third-order valence-electron chi connectivity index (χ3n) is 3.16. The fraction of sp³-hybridized carbons (Fsp3) is 0.353. The van der Waals surface area contributed by atoms with Gasteiger partial charge in [-0.1, -0.05) is 30.3 Å². The van der Waals surface area contributed by atoms with Gasteiger partial charge in [0.05, 0.1) is 6.61 Å². The van der Waals surface area contributed by atoms with Crippen molar-refractivity contribution < 1.29 is 18.3 Å². The molecule has 1 unspecified atom stereocenters. The van der Waals surface area contributed by atoms with Gasteiger partial charge in [-0.2, -0.15) is 0 Å². The van der Waals surface area contributed by atoms with Gasteiger partial charge in [-0.3, -0.25) is 9.59 Å². The zero-order chi connectivity index (χ0) is 16.8. The second-order valence-corrected chi connectivity index (χ2v) is 7.05. The molecule has 0 radical (unpaired) electrons. The molecule has 2 rings (SSSR count). The van der Waals surface area contributed by atoms with Crippen molar-refractivity contribution in [2.24, 2.45) is 0 Å². The standard InChI is InChI=1S/C17H20NO3S2/c1-4-18-15(22-16(12(3)19)17(20)21-5-2)11-14(23-18)13-9-7-6-8-10-13/h6-11,16H,4-5H2,1-3H3/q+1. The Labute approximate surface area is 144 Å². The molecule has 0 bridgehead atoms. The van der Waals surface area contributed by atoms with Gasteiger partial charge in [0.25, 0.3) is 5.03 Å². The summed E-state index contributed by atoms with van der Waals surface area (Å²) < 4.78 is 7.10. The van der Waals surface area contributed by atoms with Crippen molar-refractivity contribution in [1.29, 1.82) is 0 Å². The first kappa shape index (κ1) is 17.7. The number of ketones is 1. The van der Waals surface area contributed by atoms with Gasteiger partial charge in [0.15, 0.2) is 17.6 Å². The molecule has 1 aromatic carbocycles. The number of Topliss-reactive ketones (excluding diaryl/α,β-unsaturated/α-hetero) is 1. The number of ether oxygens (including phenoxy) is 1.